The summed E-state index contributed by atoms with van der Waals surface area (Å²) in [5, 5.41) is 8.93. The lowest BCUT2D eigenvalue weighted by atomic mass is 10.1. The van der Waals surface area contributed by atoms with Crippen LogP contribution in [0.2, 0.25) is 0 Å². The summed E-state index contributed by atoms with van der Waals surface area (Å²) < 4.78 is 2.92. The Bertz CT molecular complexity index is 856. The van der Waals surface area contributed by atoms with Crippen molar-refractivity contribution in [3.8, 4) is 11.8 Å². The monoisotopic (exact) mass is 325 g/mol. The summed E-state index contributed by atoms with van der Waals surface area (Å²) in [5.41, 5.74) is 6.14. The van der Waals surface area contributed by atoms with Gasteiger partial charge in [0.2, 0.25) is 0 Å². The van der Waals surface area contributed by atoms with E-state index in [1.807, 2.05) is 29.1 Å². The van der Waals surface area contributed by atoms with Crippen LogP contribution < -0.4 is 0 Å². The maximum atomic E-state index is 8.93. The third-order valence-corrected chi connectivity index (χ3v) is 4.13. The lowest BCUT2D eigenvalue weighted by Crippen LogP contribution is -1.94. The molecule has 0 N–H and O–H groups in total. The minimum atomic E-state index is 0.636. The number of aryl methyl sites for hydroxylation is 2. The van der Waals surface area contributed by atoms with Crippen LogP contribution in [0.3, 0.4) is 0 Å². The zero-order chi connectivity index (χ0) is 14.3. The van der Waals surface area contributed by atoms with Gasteiger partial charge in [0.1, 0.15) is 6.33 Å². The minimum Gasteiger partial charge on any atom is -0.298 e. The van der Waals surface area contributed by atoms with Crippen molar-refractivity contribution in [2.24, 2.45) is 0 Å². The Balaban J connectivity index is 2.25. The molecule has 3 nitrogen and oxygen atoms in total. The highest BCUT2D eigenvalue weighted by atomic mass is 79.9. The van der Waals surface area contributed by atoms with Crippen LogP contribution in [0, 0.1) is 25.2 Å². The molecule has 4 heteroatoms. The molecule has 3 rings (SSSR count). The lowest BCUT2D eigenvalue weighted by molar-refractivity contribution is 1.08. The van der Waals surface area contributed by atoms with E-state index in [1.54, 1.807) is 0 Å². The van der Waals surface area contributed by atoms with Crippen molar-refractivity contribution < 1.29 is 0 Å². The first-order valence-electron chi connectivity index (χ1n) is 6.24. The molecule has 0 aliphatic carbocycles. The molecular weight excluding hydrogens is 314 g/mol. The van der Waals surface area contributed by atoms with Crippen LogP contribution in [0.15, 0.2) is 41.1 Å². The summed E-state index contributed by atoms with van der Waals surface area (Å²) in [6, 6.07) is 11.9. The van der Waals surface area contributed by atoms with Gasteiger partial charge in [0.15, 0.2) is 0 Å². The molecule has 0 fully saturated rings. The maximum Gasteiger partial charge on any atom is 0.100 e. The SMILES string of the molecule is Cc1cc2ncn(-c3ccc(C#N)cc3Br)c2cc1C. The molecule has 20 heavy (non-hydrogen) atoms. The van der Waals surface area contributed by atoms with E-state index in [2.05, 4.69) is 53.0 Å². The Kier molecular flexibility index (Phi) is 3.07. The molecule has 1 aromatic heterocycles. The van der Waals surface area contributed by atoms with Crippen molar-refractivity contribution in [3.05, 3.63) is 57.8 Å². The fourth-order valence-corrected chi connectivity index (χ4v) is 2.80. The van der Waals surface area contributed by atoms with Crippen molar-refractivity contribution in [2.75, 3.05) is 0 Å². The maximum absolute atomic E-state index is 8.93. The van der Waals surface area contributed by atoms with E-state index in [0.717, 1.165) is 21.2 Å². The van der Waals surface area contributed by atoms with Crippen LogP contribution in [0.5, 0.6) is 0 Å². The fourth-order valence-electron chi connectivity index (χ4n) is 2.23. The summed E-state index contributed by atoms with van der Waals surface area (Å²) in [6.45, 7) is 4.19. The quantitative estimate of drug-likeness (QED) is 0.670. The molecule has 0 unspecified atom stereocenters. The van der Waals surface area contributed by atoms with Gasteiger partial charge in [-0.2, -0.15) is 5.26 Å². The van der Waals surface area contributed by atoms with E-state index in [9.17, 15) is 0 Å². The van der Waals surface area contributed by atoms with Gasteiger partial charge in [-0.15, -0.1) is 0 Å². The van der Waals surface area contributed by atoms with Crippen molar-refractivity contribution >= 4 is 27.0 Å². The predicted octanol–water partition coefficient (Wildman–Crippen LogP) is 4.28. The number of halogens is 1. The van der Waals surface area contributed by atoms with E-state index in [4.69, 9.17) is 5.26 Å². The van der Waals surface area contributed by atoms with Crippen LogP contribution in [0.25, 0.3) is 16.7 Å². The molecule has 3 aromatic rings. The van der Waals surface area contributed by atoms with Gasteiger partial charge in [-0.3, -0.25) is 4.57 Å². The van der Waals surface area contributed by atoms with E-state index < -0.39 is 0 Å². The molecule has 0 aliphatic heterocycles. The molecule has 0 bridgehead atoms. The Morgan fingerprint density at radius 1 is 1.15 bits per heavy atom. The second-order valence-corrected chi connectivity index (χ2v) is 5.67. The Hall–Kier alpha value is -2.12. The summed E-state index contributed by atoms with van der Waals surface area (Å²) >= 11 is 3.53. The normalized spacial score (nSPS) is 10.7. The number of hydrogen-bond donors (Lipinski definition) is 0. The van der Waals surface area contributed by atoms with Gasteiger partial charge in [0, 0.05) is 4.47 Å². The fraction of sp³-hybridized carbons (Fsp3) is 0.125. The average Bonchev–Trinajstić information content (AvgIpc) is 2.82. The van der Waals surface area contributed by atoms with Crippen LogP contribution in [0.4, 0.5) is 0 Å². The lowest BCUT2D eigenvalue weighted by Gasteiger charge is -2.08. The Morgan fingerprint density at radius 3 is 2.60 bits per heavy atom. The van der Waals surface area contributed by atoms with Crippen molar-refractivity contribution in [3.63, 3.8) is 0 Å². The molecule has 0 aliphatic rings. The van der Waals surface area contributed by atoms with Gasteiger partial charge in [0.05, 0.1) is 28.4 Å². The number of rotatable bonds is 1. The largest absolute Gasteiger partial charge is 0.298 e. The predicted molar refractivity (Wildman–Crippen MR) is 83.0 cm³/mol. The molecule has 0 amide bonds. The second kappa shape index (κ2) is 4.77. The third-order valence-electron chi connectivity index (χ3n) is 3.50. The van der Waals surface area contributed by atoms with Gasteiger partial charge in [-0.25, -0.2) is 4.98 Å². The number of nitrogens with zero attached hydrogens (tertiary/aromatic N) is 3. The molecule has 2 aromatic carbocycles. The third kappa shape index (κ3) is 2.00. The first kappa shape index (κ1) is 12.9. The highest BCUT2D eigenvalue weighted by Crippen LogP contribution is 2.27. The molecule has 0 atom stereocenters. The Labute approximate surface area is 125 Å². The number of hydrogen-bond acceptors (Lipinski definition) is 2. The molecular formula is C16H12BrN3. The van der Waals surface area contributed by atoms with Gasteiger partial charge in [-0.05, 0) is 71.2 Å². The number of fused-ring (bicyclic) bond motifs is 1. The highest BCUT2D eigenvalue weighted by Gasteiger charge is 2.09. The van der Waals surface area contributed by atoms with Gasteiger partial charge in [0.25, 0.3) is 0 Å². The van der Waals surface area contributed by atoms with E-state index in [1.165, 1.54) is 11.1 Å². The topological polar surface area (TPSA) is 41.6 Å². The van der Waals surface area contributed by atoms with Crippen LogP contribution in [0.1, 0.15) is 16.7 Å². The molecule has 0 saturated carbocycles. The summed E-state index contributed by atoms with van der Waals surface area (Å²) in [5.74, 6) is 0. The standard InChI is InChI=1S/C16H12BrN3/c1-10-5-14-16(6-11(10)2)20(9-19-14)15-4-3-12(8-18)7-13(15)17/h3-7,9H,1-2H3. The zero-order valence-electron chi connectivity index (χ0n) is 11.2. The number of nitriles is 1. The molecule has 98 valence electrons. The smallest absolute Gasteiger partial charge is 0.100 e. The van der Waals surface area contributed by atoms with Crippen LogP contribution >= 0.6 is 15.9 Å². The summed E-state index contributed by atoms with van der Waals surface area (Å²) in [4.78, 5) is 4.46. The van der Waals surface area contributed by atoms with Gasteiger partial charge >= 0.3 is 0 Å². The van der Waals surface area contributed by atoms with Crippen molar-refractivity contribution in [2.45, 2.75) is 13.8 Å². The summed E-state index contributed by atoms with van der Waals surface area (Å²) in [6.07, 6.45) is 1.82. The molecule has 0 spiro atoms. The van der Waals surface area contributed by atoms with E-state index in [0.29, 0.717) is 5.56 Å². The number of benzene rings is 2. The van der Waals surface area contributed by atoms with Crippen LogP contribution in [-0.4, -0.2) is 9.55 Å². The first-order chi connectivity index (χ1) is 9.60. The molecule has 1 heterocycles. The zero-order valence-corrected chi connectivity index (χ0v) is 12.8. The average molecular weight is 326 g/mol. The van der Waals surface area contributed by atoms with Crippen molar-refractivity contribution in [1.29, 1.82) is 5.26 Å². The number of aromatic nitrogens is 2. The minimum absolute atomic E-state index is 0.636. The second-order valence-electron chi connectivity index (χ2n) is 4.82. The summed E-state index contributed by atoms with van der Waals surface area (Å²) in [7, 11) is 0. The van der Waals surface area contributed by atoms with E-state index in [-0.39, 0.29) is 0 Å². The van der Waals surface area contributed by atoms with Gasteiger partial charge in [-0.1, -0.05) is 0 Å². The van der Waals surface area contributed by atoms with Crippen molar-refractivity contribution in [1.82, 2.24) is 9.55 Å². The number of imidazole rings is 1. The molecule has 0 radical (unpaired) electrons. The first-order valence-corrected chi connectivity index (χ1v) is 7.04. The molecule has 0 saturated heterocycles. The highest BCUT2D eigenvalue weighted by molar-refractivity contribution is 9.10. The van der Waals surface area contributed by atoms with Crippen LogP contribution in [-0.2, 0) is 0 Å². The Morgan fingerprint density at radius 2 is 1.90 bits per heavy atom. The van der Waals surface area contributed by atoms with E-state index >= 15 is 0 Å². The van der Waals surface area contributed by atoms with Gasteiger partial charge < -0.3 is 0 Å².